The molecule has 0 bridgehead atoms. The highest BCUT2D eigenvalue weighted by Crippen LogP contribution is 2.10. The van der Waals surface area contributed by atoms with Crippen molar-refractivity contribution in [3.8, 4) is 5.75 Å². The average molecular weight is 235 g/mol. The van der Waals surface area contributed by atoms with Crippen molar-refractivity contribution >= 4 is 12.2 Å². The SMILES string of the molecule is CC(C)(C)NC(=O)COc1ccc(C=O)cc1. The molecule has 0 fully saturated rings. The summed E-state index contributed by atoms with van der Waals surface area (Å²) in [7, 11) is 0. The van der Waals surface area contributed by atoms with E-state index in [-0.39, 0.29) is 18.1 Å². The van der Waals surface area contributed by atoms with E-state index in [0.29, 0.717) is 11.3 Å². The van der Waals surface area contributed by atoms with Gasteiger partial charge < -0.3 is 10.1 Å². The molecule has 0 saturated carbocycles. The number of carbonyl (C=O) groups is 2. The van der Waals surface area contributed by atoms with Gasteiger partial charge in [0.25, 0.3) is 5.91 Å². The molecule has 4 heteroatoms. The summed E-state index contributed by atoms with van der Waals surface area (Å²) in [6, 6.07) is 6.61. The Morgan fingerprint density at radius 2 is 1.88 bits per heavy atom. The Balaban J connectivity index is 2.44. The van der Waals surface area contributed by atoms with E-state index < -0.39 is 0 Å². The lowest BCUT2D eigenvalue weighted by Gasteiger charge is -2.20. The highest BCUT2D eigenvalue weighted by atomic mass is 16.5. The molecule has 1 aromatic carbocycles. The standard InChI is InChI=1S/C13H17NO3/c1-13(2,3)14-12(16)9-17-11-6-4-10(8-15)5-7-11/h4-8H,9H2,1-3H3,(H,14,16). The molecule has 0 spiro atoms. The van der Waals surface area contributed by atoms with Gasteiger partial charge in [-0.2, -0.15) is 0 Å². The van der Waals surface area contributed by atoms with Crippen LogP contribution in [0.2, 0.25) is 0 Å². The Labute approximate surface area is 101 Å². The number of aldehydes is 1. The van der Waals surface area contributed by atoms with Crippen LogP contribution in [0, 0.1) is 0 Å². The van der Waals surface area contributed by atoms with E-state index in [2.05, 4.69) is 5.32 Å². The number of rotatable bonds is 4. The third kappa shape index (κ3) is 5.15. The normalized spacial score (nSPS) is 10.8. The van der Waals surface area contributed by atoms with Crippen LogP contribution in [-0.4, -0.2) is 24.3 Å². The molecule has 0 aliphatic rings. The van der Waals surface area contributed by atoms with E-state index in [1.807, 2.05) is 20.8 Å². The van der Waals surface area contributed by atoms with Crippen molar-refractivity contribution in [1.82, 2.24) is 5.32 Å². The summed E-state index contributed by atoms with van der Waals surface area (Å²) in [5, 5.41) is 2.79. The third-order valence-electron chi connectivity index (χ3n) is 1.90. The average Bonchev–Trinajstić information content (AvgIpc) is 2.25. The number of amides is 1. The Morgan fingerprint density at radius 1 is 1.29 bits per heavy atom. The fourth-order valence-electron chi connectivity index (χ4n) is 1.25. The summed E-state index contributed by atoms with van der Waals surface area (Å²) in [6.45, 7) is 5.69. The minimum Gasteiger partial charge on any atom is -0.484 e. The third-order valence-corrected chi connectivity index (χ3v) is 1.90. The molecule has 0 saturated heterocycles. The molecule has 0 radical (unpaired) electrons. The first kappa shape index (κ1) is 13.2. The summed E-state index contributed by atoms with van der Waals surface area (Å²) >= 11 is 0. The summed E-state index contributed by atoms with van der Waals surface area (Å²) in [5.41, 5.74) is 0.318. The summed E-state index contributed by atoms with van der Waals surface area (Å²) < 4.78 is 5.29. The van der Waals surface area contributed by atoms with E-state index >= 15 is 0 Å². The molecular weight excluding hydrogens is 218 g/mol. The van der Waals surface area contributed by atoms with Crippen LogP contribution in [0.4, 0.5) is 0 Å². The van der Waals surface area contributed by atoms with Crippen molar-refractivity contribution < 1.29 is 14.3 Å². The van der Waals surface area contributed by atoms with Crippen LogP contribution in [0.1, 0.15) is 31.1 Å². The fraction of sp³-hybridized carbons (Fsp3) is 0.385. The number of carbonyl (C=O) groups excluding carboxylic acids is 2. The number of benzene rings is 1. The van der Waals surface area contributed by atoms with Crippen LogP contribution in [-0.2, 0) is 4.79 Å². The van der Waals surface area contributed by atoms with Crippen LogP contribution in [0.5, 0.6) is 5.75 Å². The predicted octanol–water partition coefficient (Wildman–Crippen LogP) is 1.79. The van der Waals surface area contributed by atoms with Gasteiger partial charge in [-0.1, -0.05) is 0 Å². The molecule has 1 amide bonds. The Kier molecular flexibility index (Phi) is 4.26. The fourth-order valence-corrected chi connectivity index (χ4v) is 1.25. The van der Waals surface area contributed by atoms with Crippen LogP contribution >= 0.6 is 0 Å². The molecule has 17 heavy (non-hydrogen) atoms. The molecule has 1 aromatic rings. The smallest absolute Gasteiger partial charge is 0.258 e. The highest BCUT2D eigenvalue weighted by Gasteiger charge is 2.13. The maximum Gasteiger partial charge on any atom is 0.258 e. The second kappa shape index (κ2) is 5.48. The number of hydrogen-bond acceptors (Lipinski definition) is 3. The largest absolute Gasteiger partial charge is 0.484 e. The molecule has 0 unspecified atom stereocenters. The van der Waals surface area contributed by atoms with Gasteiger partial charge in [0.05, 0.1) is 0 Å². The first-order chi connectivity index (χ1) is 7.90. The second-order valence-corrected chi connectivity index (χ2v) is 4.77. The van der Waals surface area contributed by atoms with E-state index in [9.17, 15) is 9.59 Å². The molecule has 0 aromatic heterocycles. The second-order valence-electron chi connectivity index (χ2n) is 4.77. The van der Waals surface area contributed by atoms with Gasteiger partial charge in [-0.15, -0.1) is 0 Å². The van der Waals surface area contributed by atoms with Crippen LogP contribution in [0.25, 0.3) is 0 Å². The van der Waals surface area contributed by atoms with Gasteiger partial charge in [-0.3, -0.25) is 9.59 Å². The zero-order valence-corrected chi connectivity index (χ0v) is 10.3. The summed E-state index contributed by atoms with van der Waals surface area (Å²) in [5.74, 6) is 0.400. The molecule has 0 aliphatic heterocycles. The van der Waals surface area contributed by atoms with E-state index in [0.717, 1.165) is 6.29 Å². The molecule has 4 nitrogen and oxygen atoms in total. The van der Waals surface area contributed by atoms with Gasteiger partial charge in [-0.05, 0) is 45.0 Å². The molecule has 0 aliphatic carbocycles. The molecule has 1 N–H and O–H groups in total. The van der Waals surface area contributed by atoms with Crippen LogP contribution in [0.3, 0.4) is 0 Å². The Hall–Kier alpha value is -1.84. The van der Waals surface area contributed by atoms with Gasteiger partial charge in [0, 0.05) is 11.1 Å². The van der Waals surface area contributed by atoms with Crippen molar-refractivity contribution in [3.05, 3.63) is 29.8 Å². The zero-order chi connectivity index (χ0) is 12.9. The van der Waals surface area contributed by atoms with Crippen molar-refractivity contribution in [3.63, 3.8) is 0 Å². The van der Waals surface area contributed by atoms with Gasteiger partial charge in [0.15, 0.2) is 6.61 Å². The number of hydrogen-bond donors (Lipinski definition) is 1. The zero-order valence-electron chi connectivity index (χ0n) is 10.3. The Morgan fingerprint density at radius 3 is 2.35 bits per heavy atom. The van der Waals surface area contributed by atoms with Gasteiger partial charge in [-0.25, -0.2) is 0 Å². The lowest BCUT2D eigenvalue weighted by atomic mass is 10.1. The van der Waals surface area contributed by atoms with Crippen LogP contribution < -0.4 is 10.1 Å². The topological polar surface area (TPSA) is 55.4 Å². The maximum absolute atomic E-state index is 11.5. The van der Waals surface area contributed by atoms with E-state index in [4.69, 9.17) is 4.74 Å². The number of nitrogens with one attached hydrogen (secondary N) is 1. The van der Waals surface area contributed by atoms with Gasteiger partial charge in [0.1, 0.15) is 12.0 Å². The van der Waals surface area contributed by atoms with Crippen molar-refractivity contribution in [1.29, 1.82) is 0 Å². The number of ether oxygens (including phenoxy) is 1. The predicted molar refractivity (Wildman–Crippen MR) is 65.2 cm³/mol. The highest BCUT2D eigenvalue weighted by molar-refractivity contribution is 5.78. The quantitative estimate of drug-likeness (QED) is 0.809. The van der Waals surface area contributed by atoms with Crippen molar-refractivity contribution in [2.45, 2.75) is 26.3 Å². The summed E-state index contributed by atoms with van der Waals surface area (Å²) in [4.78, 5) is 21.9. The van der Waals surface area contributed by atoms with Gasteiger partial charge >= 0.3 is 0 Å². The lowest BCUT2D eigenvalue weighted by Crippen LogP contribution is -2.43. The first-order valence-electron chi connectivity index (χ1n) is 5.40. The minimum absolute atomic E-state index is 0.0301. The van der Waals surface area contributed by atoms with Crippen LogP contribution in [0.15, 0.2) is 24.3 Å². The van der Waals surface area contributed by atoms with E-state index in [1.54, 1.807) is 24.3 Å². The van der Waals surface area contributed by atoms with Gasteiger partial charge in [0.2, 0.25) is 0 Å². The van der Waals surface area contributed by atoms with E-state index in [1.165, 1.54) is 0 Å². The molecular formula is C13H17NO3. The molecule has 92 valence electrons. The maximum atomic E-state index is 11.5. The summed E-state index contributed by atoms with van der Waals surface area (Å²) in [6.07, 6.45) is 0.760. The molecule has 1 rings (SSSR count). The first-order valence-corrected chi connectivity index (χ1v) is 5.40. The molecule has 0 heterocycles. The van der Waals surface area contributed by atoms with Crippen molar-refractivity contribution in [2.24, 2.45) is 0 Å². The molecule has 0 atom stereocenters. The minimum atomic E-state index is -0.262. The lowest BCUT2D eigenvalue weighted by molar-refractivity contribution is -0.124. The monoisotopic (exact) mass is 235 g/mol. The Bertz CT molecular complexity index is 390. The van der Waals surface area contributed by atoms with Crippen molar-refractivity contribution in [2.75, 3.05) is 6.61 Å².